The molecule has 2 aliphatic rings. The Bertz CT molecular complexity index is 509. The molecule has 1 unspecified atom stereocenters. The predicted octanol–water partition coefficient (Wildman–Crippen LogP) is 1.93. The van der Waals surface area contributed by atoms with E-state index in [9.17, 15) is 9.59 Å². The average molecular weight is 288 g/mol. The molecule has 112 valence electrons. The van der Waals surface area contributed by atoms with Crippen LogP contribution in [-0.2, 0) is 4.79 Å². The molecule has 3 amide bonds. The van der Waals surface area contributed by atoms with Crippen LogP contribution in [-0.4, -0.2) is 28.9 Å². The van der Waals surface area contributed by atoms with Gasteiger partial charge in [-0.2, -0.15) is 10.5 Å². The zero-order chi connectivity index (χ0) is 15.5. The molecule has 0 aromatic rings. The Morgan fingerprint density at radius 2 is 2.05 bits per heavy atom. The molecule has 1 aliphatic heterocycles. The van der Waals surface area contributed by atoms with E-state index in [1.165, 1.54) is 4.90 Å². The molecule has 1 saturated carbocycles. The van der Waals surface area contributed by atoms with Crippen LogP contribution in [0.25, 0.3) is 0 Å². The van der Waals surface area contributed by atoms with Crippen molar-refractivity contribution in [3.05, 3.63) is 0 Å². The number of carbonyl (C=O) groups excluding carboxylic acids is 2. The third-order valence-corrected chi connectivity index (χ3v) is 4.56. The van der Waals surface area contributed by atoms with Crippen molar-refractivity contribution in [3.63, 3.8) is 0 Å². The molecule has 21 heavy (non-hydrogen) atoms. The Balaban J connectivity index is 2.05. The predicted molar refractivity (Wildman–Crippen MR) is 74.6 cm³/mol. The van der Waals surface area contributed by atoms with Crippen molar-refractivity contribution >= 4 is 11.9 Å². The van der Waals surface area contributed by atoms with Crippen molar-refractivity contribution in [1.29, 1.82) is 10.5 Å². The Labute approximate surface area is 124 Å². The first-order valence-corrected chi connectivity index (χ1v) is 7.43. The molecule has 0 aromatic carbocycles. The number of nitrogens with zero attached hydrogens (tertiary/aromatic N) is 3. The normalized spacial score (nSPS) is 29.9. The topological polar surface area (TPSA) is 97.0 Å². The van der Waals surface area contributed by atoms with Crippen molar-refractivity contribution in [2.45, 2.75) is 51.0 Å². The van der Waals surface area contributed by atoms with Gasteiger partial charge in [0.25, 0.3) is 5.91 Å². The number of rotatable bonds is 4. The number of carbonyl (C=O) groups is 2. The maximum absolute atomic E-state index is 12.6. The quantitative estimate of drug-likeness (QED) is 0.799. The van der Waals surface area contributed by atoms with E-state index >= 15 is 0 Å². The molecule has 1 N–H and O–H groups in total. The first-order chi connectivity index (χ1) is 10.0. The standard InChI is InChI=1S/C15H20N4O2/c1-11-4-6-15(7-5-11)13(20)19(14(21)18-15)10-12(9-17)3-2-8-16/h11-12H,2-7,10H2,1H3,(H,18,21). The zero-order valence-corrected chi connectivity index (χ0v) is 12.3. The Morgan fingerprint density at radius 3 is 2.62 bits per heavy atom. The fourth-order valence-electron chi connectivity index (χ4n) is 3.09. The fourth-order valence-corrected chi connectivity index (χ4v) is 3.09. The number of nitriles is 2. The summed E-state index contributed by atoms with van der Waals surface area (Å²) in [4.78, 5) is 25.8. The van der Waals surface area contributed by atoms with Crippen molar-refractivity contribution in [2.24, 2.45) is 11.8 Å². The van der Waals surface area contributed by atoms with Gasteiger partial charge in [-0.05, 0) is 38.0 Å². The second-order valence-corrected chi connectivity index (χ2v) is 6.13. The molecular formula is C15H20N4O2. The zero-order valence-electron chi connectivity index (χ0n) is 12.3. The van der Waals surface area contributed by atoms with Crippen molar-refractivity contribution < 1.29 is 9.59 Å². The first kappa shape index (κ1) is 15.3. The molecule has 1 spiro atoms. The highest BCUT2D eigenvalue weighted by Gasteiger charge is 2.52. The Kier molecular flexibility index (Phi) is 4.47. The lowest BCUT2D eigenvalue weighted by Gasteiger charge is -2.33. The third kappa shape index (κ3) is 3.00. The Hall–Kier alpha value is -2.08. The summed E-state index contributed by atoms with van der Waals surface area (Å²) in [5, 5.41) is 20.5. The molecule has 2 fully saturated rings. The average Bonchev–Trinajstić information content (AvgIpc) is 2.70. The maximum atomic E-state index is 12.6. The highest BCUT2D eigenvalue weighted by atomic mass is 16.2. The summed E-state index contributed by atoms with van der Waals surface area (Å²) in [6.45, 7) is 2.24. The molecule has 1 aliphatic carbocycles. The van der Waals surface area contributed by atoms with Crippen LogP contribution in [0.2, 0.25) is 0 Å². The van der Waals surface area contributed by atoms with Crippen LogP contribution in [0.3, 0.4) is 0 Å². The highest BCUT2D eigenvalue weighted by molar-refractivity contribution is 6.07. The molecule has 0 aromatic heterocycles. The minimum absolute atomic E-state index is 0.0835. The van der Waals surface area contributed by atoms with Gasteiger partial charge in [-0.3, -0.25) is 9.69 Å². The van der Waals surface area contributed by atoms with Crippen LogP contribution in [0.5, 0.6) is 0 Å². The maximum Gasteiger partial charge on any atom is 0.325 e. The van der Waals surface area contributed by atoms with E-state index in [1.807, 2.05) is 6.07 Å². The number of urea groups is 1. The molecule has 6 nitrogen and oxygen atoms in total. The van der Waals surface area contributed by atoms with Crippen molar-refractivity contribution in [1.82, 2.24) is 10.2 Å². The van der Waals surface area contributed by atoms with Crippen LogP contribution in [0.1, 0.15) is 45.4 Å². The molecule has 0 radical (unpaired) electrons. The number of nitrogens with one attached hydrogen (secondary N) is 1. The molecule has 2 rings (SSSR count). The van der Waals surface area contributed by atoms with Gasteiger partial charge in [0.1, 0.15) is 5.54 Å². The third-order valence-electron chi connectivity index (χ3n) is 4.56. The molecule has 1 heterocycles. The lowest BCUT2D eigenvalue weighted by molar-refractivity contribution is -0.133. The van der Waals surface area contributed by atoms with E-state index < -0.39 is 17.5 Å². The van der Waals surface area contributed by atoms with Crippen molar-refractivity contribution in [3.8, 4) is 12.1 Å². The number of hydrogen-bond donors (Lipinski definition) is 1. The molecular weight excluding hydrogens is 268 g/mol. The first-order valence-electron chi connectivity index (χ1n) is 7.43. The van der Waals surface area contributed by atoms with Gasteiger partial charge < -0.3 is 5.32 Å². The summed E-state index contributed by atoms with van der Waals surface area (Å²) in [7, 11) is 0. The summed E-state index contributed by atoms with van der Waals surface area (Å²) >= 11 is 0. The second-order valence-electron chi connectivity index (χ2n) is 6.13. The lowest BCUT2D eigenvalue weighted by atomic mass is 9.77. The second kappa shape index (κ2) is 6.13. The van der Waals surface area contributed by atoms with Crippen LogP contribution in [0, 0.1) is 34.5 Å². The summed E-state index contributed by atoms with van der Waals surface area (Å²) in [6, 6.07) is 3.67. The van der Waals surface area contributed by atoms with Crippen LogP contribution in [0.15, 0.2) is 0 Å². The number of hydrogen-bond acceptors (Lipinski definition) is 4. The molecule has 6 heteroatoms. The van der Waals surface area contributed by atoms with E-state index in [0.29, 0.717) is 25.2 Å². The van der Waals surface area contributed by atoms with E-state index in [0.717, 1.165) is 12.8 Å². The van der Waals surface area contributed by atoms with E-state index in [2.05, 4.69) is 18.3 Å². The number of imide groups is 1. The van der Waals surface area contributed by atoms with Gasteiger partial charge in [0.15, 0.2) is 0 Å². The minimum Gasteiger partial charge on any atom is -0.323 e. The highest BCUT2D eigenvalue weighted by Crippen LogP contribution is 2.36. The van der Waals surface area contributed by atoms with E-state index in [-0.39, 0.29) is 18.9 Å². The summed E-state index contributed by atoms with van der Waals surface area (Å²) in [5.41, 5.74) is -0.751. The van der Waals surface area contributed by atoms with Crippen LogP contribution in [0.4, 0.5) is 4.79 Å². The van der Waals surface area contributed by atoms with Gasteiger partial charge in [0.2, 0.25) is 0 Å². The van der Waals surface area contributed by atoms with E-state index in [4.69, 9.17) is 10.5 Å². The van der Waals surface area contributed by atoms with Gasteiger partial charge in [-0.1, -0.05) is 6.92 Å². The van der Waals surface area contributed by atoms with Crippen LogP contribution >= 0.6 is 0 Å². The monoisotopic (exact) mass is 288 g/mol. The van der Waals surface area contributed by atoms with Gasteiger partial charge in [-0.15, -0.1) is 0 Å². The summed E-state index contributed by atoms with van der Waals surface area (Å²) in [5.74, 6) is -0.0921. The molecule has 1 atom stereocenters. The number of amides is 3. The smallest absolute Gasteiger partial charge is 0.323 e. The van der Waals surface area contributed by atoms with Gasteiger partial charge in [-0.25, -0.2) is 4.79 Å². The van der Waals surface area contributed by atoms with Gasteiger partial charge >= 0.3 is 6.03 Å². The van der Waals surface area contributed by atoms with Gasteiger partial charge in [0.05, 0.1) is 18.1 Å². The minimum atomic E-state index is -0.751. The summed E-state index contributed by atoms with van der Waals surface area (Å²) < 4.78 is 0. The van der Waals surface area contributed by atoms with Crippen LogP contribution < -0.4 is 5.32 Å². The lowest BCUT2D eigenvalue weighted by Crippen LogP contribution is -2.49. The fraction of sp³-hybridized carbons (Fsp3) is 0.733. The SMILES string of the molecule is CC1CCC2(CC1)NC(=O)N(CC(C#N)CCC#N)C2=O. The largest absolute Gasteiger partial charge is 0.325 e. The molecule has 0 bridgehead atoms. The Morgan fingerprint density at radius 1 is 1.38 bits per heavy atom. The van der Waals surface area contributed by atoms with Crippen molar-refractivity contribution in [2.75, 3.05) is 6.54 Å². The molecule has 1 saturated heterocycles. The summed E-state index contributed by atoms with van der Waals surface area (Å²) in [6.07, 6.45) is 3.83. The van der Waals surface area contributed by atoms with E-state index in [1.54, 1.807) is 0 Å². The van der Waals surface area contributed by atoms with Gasteiger partial charge in [0, 0.05) is 13.0 Å².